The van der Waals surface area contributed by atoms with E-state index in [4.69, 9.17) is 0 Å². The number of hydrogen-bond acceptors (Lipinski definition) is 2. The van der Waals surface area contributed by atoms with E-state index < -0.39 is 0 Å². The Labute approximate surface area is 120 Å². The number of carbonyl (C=O) groups excluding carboxylic acids is 1. The first kappa shape index (κ1) is 13.4. The number of rotatable bonds is 5. The first-order chi connectivity index (χ1) is 9.88. The number of hydrogen-bond donors (Lipinski definition) is 0. The predicted octanol–water partition coefficient (Wildman–Crippen LogP) is 3.33. The fourth-order valence-corrected chi connectivity index (χ4v) is 3.20. The van der Waals surface area contributed by atoms with Gasteiger partial charge in [0.25, 0.3) is 0 Å². The SMILES string of the molecule is O=Cc1cn(CCCN2CCCCC2)c2ccccc12. The topological polar surface area (TPSA) is 25.2 Å². The summed E-state index contributed by atoms with van der Waals surface area (Å²) in [5.41, 5.74) is 1.98. The smallest absolute Gasteiger partial charge is 0.152 e. The van der Waals surface area contributed by atoms with Gasteiger partial charge in [0.2, 0.25) is 0 Å². The molecule has 0 radical (unpaired) electrons. The highest BCUT2D eigenvalue weighted by molar-refractivity contribution is 5.97. The zero-order chi connectivity index (χ0) is 13.8. The third-order valence-electron chi connectivity index (χ3n) is 4.27. The van der Waals surface area contributed by atoms with Gasteiger partial charge in [0.15, 0.2) is 6.29 Å². The van der Waals surface area contributed by atoms with Crippen LogP contribution in [-0.2, 0) is 6.54 Å². The molecule has 1 aliphatic heterocycles. The van der Waals surface area contributed by atoms with E-state index in [1.165, 1.54) is 44.4 Å². The highest BCUT2D eigenvalue weighted by Gasteiger charge is 2.10. The minimum Gasteiger partial charge on any atom is -0.347 e. The Balaban J connectivity index is 1.66. The molecule has 3 nitrogen and oxygen atoms in total. The molecule has 20 heavy (non-hydrogen) atoms. The lowest BCUT2D eigenvalue weighted by molar-refractivity contribution is 0.112. The molecule has 1 aliphatic rings. The van der Waals surface area contributed by atoms with Crippen molar-refractivity contribution in [2.24, 2.45) is 0 Å². The van der Waals surface area contributed by atoms with Gasteiger partial charge in [-0.3, -0.25) is 4.79 Å². The molecule has 2 heterocycles. The Bertz CT molecular complexity index is 582. The molecule has 0 atom stereocenters. The average Bonchev–Trinajstić information content (AvgIpc) is 2.87. The van der Waals surface area contributed by atoms with Crippen LogP contribution in [0.4, 0.5) is 0 Å². The van der Waals surface area contributed by atoms with Crippen LogP contribution in [0.2, 0.25) is 0 Å². The van der Waals surface area contributed by atoms with Crippen LogP contribution in [-0.4, -0.2) is 35.4 Å². The van der Waals surface area contributed by atoms with Crippen molar-refractivity contribution in [2.75, 3.05) is 19.6 Å². The van der Waals surface area contributed by atoms with Crippen molar-refractivity contribution in [3.05, 3.63) is 36.0 Å². The van der Waals surface area contributed by atoms with E-state index in [-0.39, 0.29) is 0 Å². The molecule has 0 saturated carbocycles. The number of aryl methyl sites for hydroxylation is 1. The molecule has 0 aliphatic carbocycles. The molecule has 0 bridgehead atoms. The predicted molar refractivity (Wildman–Crippen MR) is 82.2 cm³/mol. The normalized spacial score (nSPS) is 16.6. The lowest BCUT2D eigenvalue weighted by Crippen LogP contribution is -2.31. The van der Waals surface area contributed by atoms with Gasteiger partial charge in [0.1, 0.15) is 0 Å². The quantitative estimate of drug-likeness (QED) is 0.779. The van der Waals surface area contributed by atoms with Gasteiger partial charge < -0.3 is 9.47 Å². The van der Waals surface area contributed by atoms with Crippen LogP contribution in [0, 0.1) is 0 Å². The van der Waals surface area contributed by atoms with Gasteiger partial charge in [-0.2, -0.15) is 0 Å². The van der Waals surface area contributed by atoms with Crippen molar-refractivity contribution in [2.45, 2.75) is 32.2 Å². The maximum absolute atomic E-state index is 11.1. The number of para-hydroxylation sites is 1. The maximum atomic E-state index is 11.1. The lowest BCUT2D eigenvalue weighted by Gasteiger charge is -2.26. The Morgan fingerprint density at radius 1 is 1.05 bits per heavy atom. The molecule has 1 aromatic heterocycles. The van der Waals surface area contributed by atoms with Gasteiger partial charge in [0.05, 0.1) is 0 Å². The summed E-state index contributed by atoms with van der Waals surface area (Å²) in [6, 6.07) is 8.16. The summed E-state index contributed by atoms with van der Waals surface area (Å²) < 4.78 is 2.23. The van der Waals surface area contributed by atoms with Crippen LogP contribution in [0.15, 0.2) is 30.5 Å². The van der Waals surface area contributed by atoms with Gasteiger partial charge in [-0.1, -0.05) is 24.6 Å². The second-order valence-corrected chi connectivity index (χ2v) is 5.67. The molecular formula is C17H22N2O. The van der Waals surface area contributed by atoms with E-state index in [1.807, 2.05) is 24.4 Å². The third-order valence-corrected chi connectivity index (χ3v) is 4.27. The molecule has 0 spiro atoms. The molecule has 1 fully saturated rings. The molecule has 3 rings (SSSR count). The van der Waals surface area contributed by atoms with E-state index in [9.17, 15) is 4.79 Å². The summed E-state index contributed by atoms with van der Waals surface area (Å²) in [5, 5.41) is 1.07. The molecule has 106 valence electrons. The van der Waals surface area contributed by atoms with E-state index >= 15 is 0 Å². The number of likely N-dealkylation sites (tertiary alicyclic amines) is 1. The summed E-state index contributed by atoms with van der Waals surface area (Å²) in [7, 11) is 0. The van der Waals surface area contributed by atoms with Crippen LogP contribution in [0.3, 0.4) is 0 Å². The second-order valence-electron chi connectivity index (χ2n) is 5.67. The Kier molecular flexibility index (Phi) is 4.16. The van der Waals surface area contributed by atoms with Gasteiger partial charge >= 0.3 is 0 Å². The number of fused-ring (bicyclic) bond motifs is 1. The summed E-state index contributed by atoms with van der Waals surface area (Å²) in [6.45, 7) is 4.67. The van der Waals surface area contributed by atoms with E-state index in [0.29, 0.717) is 0 Å². The fourth-order valence-electron chi connectivity index (χ4n) is 3.20. The molecule has 2 aromatic rings. The molecule has 1 aromatic carbocycles. The minimum atomic E-state index is 0.804. The van der Waals surface area contributed by atoms with Crippen molar-refractivity contribution in [3.8, 4) is 0 Å². The minimum absolute atomic E-state index is 0.804. The monoisotopic (exact) mass is 270 g/mol. The van der Waals surface area contributed by atoms with Crippen LogP contribution in [0.25, 0.3) is 10.9 Å². The van der Waals surface area contributed by atoms with Crippen LogP contribution < -0.4 is 0 Å². The fraction of sp³-hybridized carbons (Fsp3) is 0.471. The summed E-state index contributed by atoms with van der Waals surface area (Å²) >= 11 is 0. The summed E-state index contributed by atoms with van der Waals surface area (Å²) in [4.78, 5) is 13.7. The van der Waals surface area contributed by atoms with Crippen molar-refractivity contribution in [1.29, 1.82) is 0 Å². The number of aldehydes is 1. The largest absolute Gasteiger partial charge is 0.347 e. The van der Waals surface area contributed by atoms with Crippen molar-refractivity contribution >= 4 is 17.2 Å². The zero-order valence-electron chi connectivity index (χ0n) is 11.9. The second kappa shape index (κ2) is 6.23. The number of benzene rings is 1. The Morgan fingerprint density at radius 3 is 2.65 bits per heavy atom. The van der Waals surface area contributed by atoms with E-state index in [2.05, 4.69) is 15.5 Å². The average molecular weight is 270 g/mol. The highest BCUT2D eigenvalue weighted by Crippen LogP contribution is 2.20. The standard InChI is InChI=1S/C17H22N2O/c20-14-15-13-19(17-8-3-2-7-16(15)17)12-6-11-18-9-4-1-5-10-18/h2-3,7-8,13-14H,1,4-6,9-12H2. The first-order valence-corrected chi connectivity index (χ1v) is 7.64. The van der Waals surface area contributed by atoms with Crippen molar-refractivity contribution in [3.63, 3.8) is 0 Å². The van der Waals surface area contributed by atoms with Gasteiger partial charge in [-0.05, 0) is 45.0 Å². The molecule has 0 unspecified atom stereocenters. The summed E-state index contributed by atoms with van der Waals surface area (Å²) in [5.74, 6) is 0. The van der Waals surface area contributed by atoms with Gasteiger partial charge in [0, 0.05) is 29.2 Å². The van der Waals surface area contributed by atoms with E-state index in [0.717, 1.165) is 30.2 Å². The highest BCUT2D eigenvalue weighted by atomic mass is 16.1. The first-order valence-electron chi connectivity index (χ1n) is 7.64. The lowest BCUT2D eigenvalue weighted by atomic mass is 10.1. The molecule has 0 amide bonds. The third kappa shape index (κ3) is 2.78. The van der Waals surface area contributed by atoms with Crippen molar-refractivity contribution in [1.82, 2.24) is 9.47 Å². The molecule has 1 saturated heterocycles. The molecule has 0 N–H and O–H groups in total. The number of nitrogens with zero attached hydrogens (tertiary/aromatic N) is 2. The van der Waals surface area contributed by atoms with Gasteiger partial charge in [-0.15, -0.1) is 0 Å². The Hall–Kier alpha value is -1.61. The number of aromatic nitrogens is 1. The van der Waals surface area contributed by atoms with Crippen molar-refractivity contribution < 1.29 is 4.79 Å². The van der Waals surface area contributed by atoms with Crippen LogP contribution in [0.5, 0.6) is 0 Å². The van der Waals surface area contributed by atoms with Crippen LogP contribution in [0.1, 0.15) is 36.0 Å². The summed E-state index contributed by atoms with van der Waals surface area (Å²) in [6.07, 6.45) is 8.19. The maximum Gasteiger partial charge on any atom is 0.152 e. The zero-order valence-corrected chi connectivity index (χ0v) is 11.9. The number of carbonyl (C=O) groups is 1. The molecule has 3 heteroatoms. The van der Waals surface area contributed by atoms with E-state index in [1.54, 1.807) is 0 Å². The molecular weight excluding hydrogens is 248 g/mol. The van der Waals surface area contributed by atoms with Gasteiger partial charge in [-0.25, -0.2) is 0 Å². The Morgan fingerprint density at radius 2 is 1.85 bits per heavy atom. The number of piperidine rings is 1. The van der Waals surface area contributed by atoms with Crippen LogP contribution >= 0.6 is 0 Å².